The van der Waals surface area contributed by atoms with Gasteiger partial charge in [-0.1, -0.05) is 44.2 Å². The van der Waals surface area contributed by atoms with Gasteiger partial charge in [0.15, 0.2) is 5.96 Å². The Bertz CT molecular complexity index is 603. The van der Waals surface area contributed by atoms with Crippen LogP contribution in [0.1, 0.15) is 45.6 Å². The summed E-state index contributed by atoms with van der Waals surface area (Å²) in [7, 11) is 0. The van der Waals surface area contributed by atoms with Crippen LogP contribution in [-0.4, -0.2) is 42.9 Å². The quantitative estimate of drug-likeness (QED) is 0.353. The summed E-state index contributed by atoms with van der Waals surface area (Å²) in [4.78, 5) is 18.5. The van der Waals surface area contributed by atoms with Crippen LogP contribution in [0.25, 0.3) is 0 Å². The topological polar surface area (TPSA) is 70.7 Å². The number of likely N-dealkylation sites (tertiary alicyclic amines) is 1. The third-order valence-electron chi connectivity index (χ3n) is 4.83. The molecule has 0 aliphatic carbocycles. The highest BCUT2D eigenvalue weighted by molar-refractivity contribution is 14.0. The smallest absolute Gasteiger partial charge is 0.217 e. The number of benzene rings is 1. The summed E-state index contributed by atoms with van der Waals surface area (Å²) in [6.45, 7) is 10.1. The summed E-state index contributed by atoms with van der Waals surface area (Å²) < 4.78 is 0. The first-order chi connectivity index (χ1) is 12.4. The number of carbonyl (C=O) groups is 1. The first-order valence-corrected chi connectivity index (χ1v) is 9.75. The highest BCUT2D eigenvalue weighted by Gasteiger charge is 2.25. The molecule has 152 valence electrons. The van der Waals surface area contributed by atoms with E-state index in [0.29, 0.717) is 12.3 Å². The maximum Gasteiger partial charge on any atom is 0.217 e. The second-order valence-corrected chi connectivity index (χ2v) is 8.12. The number of nitrogens with one attached hydrogen (secondary N) is 1. The first-order valence-electron chi connectivity index (χ1n) is 9.75. The van der Waals surface area contributed by atoms with Crippen LogP contribution in [0.2, 0.25) is 0 Å². The van der Waals surface area contributed by atoms with E-state index in [1.54, 1.807) is 0 Å². The Morgan fingerprint density at radius 3 is 2.67 bits per heavy atom. The average molecular weight is 486 g/mol. The van der Waals surface area contributed by atoms with Crippen molar-refractivity contribution in [3.8, 4) is 0 Å². The molecule has 1 heterocycles. The zero-order valence-electron chi connectivity index (χ0n) is 16.9. The van der Waals surface area contributed by atoms with Crippen molar-refractivity contribution in [3.63, 3.8) is 0 Å². The number of amides is 1. The number of primary amides is 1. The first kappa shape index (κ1) is 23.7. The van der Waals surface area contributed by atoms with E-state index < -0.39 is 0 Å². The van der Waals surface area contributed by atoms with Crippen LogP contribution in [0.5, 0.6) is 0 Å². The number of carbonyl (C=O) groups excluding carboxylic acids is 1. The van der Waals surface area contributed by atoms with Crippen LogP contribution in [0.3, 0.4) is 0 Å². The largest absolute Gasteiger partial charge is 0.370 e. The Morgan fingerprint density at radius 1 is 1.33 bits per heavy atom. The van der Waals surface area contributed by atoms with Gasteiger partial charge in [-0.25, -0.2) is 0 Å². The van der Waals surface area contributed by atoms with Gasteiger partial charge in [-0.2, -0.15) is 0 Å². The lowest BCUT2D eigenvalue weighted by atomic mass is 9.86. The summed E-state index contributed by atoms with van der Waals surface area (Å²) >= 11 is 0. The zero-order chi connectivity index (χ0) is 19.0. The van der Waals surface area contributed by atoms with Crippen LogP contribution in [0, 0.1) is 11.3 Å². The number of hydrogen-bond donors (Lipinski definition) is 2. The van der Waals surface area contributed by atoms with Gasteiger partial charge in [0.05, 0.1) is 0 Å². The van der Waals surface area contributed by atoms with Crippen molar-refractivity contribution in [2.75, 3.05) is 26.2 Å². The van der Waals surface area contributed by atoms with Gasteiger partial charge in [0.25, 0.3) is 0 Å². The van der Waals surface area contributed by atoms with Gasteiger partial charge in [0.1, 0.15) is 0 Å². The number of rotatable bonds is 7. The molecule has 1 aromatic rings. The lowest BCUT2D eigenvalue weighted by Gasteiger charge is -2.35. The molecule has 1 aliphatic heterocycles. The molecule has 1 saturated heterocycles. The number of piperidine rings is 1. The standard InChI is InChI=1S/C21H34N4O.HI/c1-4-23-20(25-12-8-11-18(15-25)13-19(22)26)24-16-21(2,3)14-17-9-6-5-7-10-17;/h5-7,9-10,18H,4,8,11-16H2,1-3H3,(H2,22,26)(H,23,24);1H. The number of guanidine groups is 1. The van der Waals surface area contributed by atoms with E-state index in [9.17, 15) is 4.79 Å². The van der Waals surface area contributed by atoms with Crippen LogP contribution >= 0.6 is 24.0 Å². The third-order valence-corrected chi connectivity index (χ3v) is 4.83. The molecule has 1 amide bonds. The van der Waals surface area contributed by atoms with Crippen molar-refractivity contribution in [1.29, 1.82) is 0 Å². The van der Waals surface area contributed by atoms with E-state index in [1.807, 2.05) is 0 Å². The molecule has 0 aromatic heterocycles. The van der Waals surface area contributed by atoms with E-state index in [0.717, 1.165) is 51.4 Å². The number of nitrogens with zero attached hydrogens (tertiary/aromatic N) is 2. The van der Waals surface area contributed by atoms with Gasteiger partial charge >= 0.3 is 0 Å². The third kappa shape index (κ3) is 8.49. The molecule has 1 fully saturated rings. The molecule has 27 heavy (non-hydrogen) atoms. The normalized spacial score (nSPS) is 18.0. The molecule has 0 spiro atoms. The predicted molar refractivity (Wildman–Crippen MR) is 123 cm³/mol. The summed E-state index contributed by atoms with van der Waals surface area (Å²) in [6.07, 6.45) is 3.62. The second-order valence-electron chi connectivity index (χ2n) is 8.12. The van der Waals surface area contributed by atoms with Gasteiger partial charge in [-0.3, -0.25) is 9.79 Å². The predicted octanol–water partition coefficient (Wildman–Crippen LogP) is 3.43. The van der Waals surface area contributed by atoms with E-state index >= 15 is 0 Å². The fraction of sp³-hybridized carbons (Fsp3) is 0.619. The van der Waals surface area contributed by atoms with Crippen molar-refractivity contribution < 1.29 is 4.79 Å². The van der Waals surface area contributed by atoms with Crippen LogP contribution < -0.4 is 11.1 Å². The highest BCUT2D eigenvalue weighted by Crippen LogP contribution is 2.23. The molecule has 0 saturated carbocycles. The summed E-state index contributed by atoms with van der Waals surface area (Å²) in [5.74, 6) is 1.09. The second kappa shape index (κ2) is 11.5. The molecule has 3 N–H and O–H groups in total. The van der Waals surface area contributed by atoms with Crippen molar-refractivity contribution >= 4 is 35.8 Å². The lowest BCUT2D eigenvalue weighted by molar-refractivity contribution is -0.119. The maximum atomic E-state index is 11.3. The van der Waals surface area contributed by atoms with E-state index in [4.69, 9.17) is 10.7 Å². The summed E-state index contributed by atoms with van der Waals surface area (Å²) in [5, 5.41) is 3.42. The van der Waals surface area contributed by atoms with Gasteiger partial charge < -0.3 is 16.0 Å². The van der Waals surface area contributed by atoms with E-state index in [2.05, 4.69) is 61.3 Å². The minimum Gasteiger partial charge on any atom is -0.370 e. The molecule has 0 radical (unpaired) electrons. The number of aliphatic imine (C=N–C) groups is 1. The van der Waals surface area contributed by atoms with Gasteiger partial charge in [-0.05, 0) is 43.1 Å². The zero-order valence-corrected chi connectivity index (χ0v) is 19.2. The maximum absolute atomic E-state index is 11.3. The van der Waals surface area contributed by atoms with Gasteiger partial charge in [-0.15, -0.1) is 24.0 Å². The Hall–Kier alpha value is -1.31. The molecule has 1 aromatic carbocycles. The molecule has 5 nitrogen and oxygen atoms in total. The molecular weight excluding hydrogens is 451 g/mol. The monoisotopic (exact) mass is 486 g/mol. The number of nitrogens with two attached hydrogens (primary N) is 1. The Balaban J connectivity index is 0.00000364. The fourth-order valence-corrected chi connectivity index (χ4v) is 3.63. The van der Waals surface area contributed by atoms with Crippen LogP contribution in [-0.2, 0) is 11.2 Å². The molecule has 2 rings (SSSR count). The molecule has 1 atom stereocenters. The SMILES string of the molecule is CCNC(=NCC(C)(C)Cc1ccccc1)N1CCCC(CC(N)=O)C1.I. The van der Waals surface area contributed by atoms with Crippen molar-refractivity contribution in [3.05, 3.63) is 35.9 Å². The van der Waals surface area contributed by atoms with E-state index in [1.165, 1.54) is 5.56 Å². The van der Waals surface area contributed by atoms with Crippen LogP contribution in [0.15, 0.2) is 35.3 Å². The summed E-state index contributed by atoms with van der Waals surface area (Å²) in [6, 6.07) is 10.6. The molecule has 0 bridgehead atoms. The van der Waals surface area contributed by atoms with Crippen molar-refractivity contribution in [2.24, 2.45) is 22.1 Å². The van der Waals surface area contributed by atoms with Crippen molar-refractivity contribution in [2.45, 2.75) is 46.5 Å². The molecule has 6 heteroatoms. The Kier molecular flexibility index (Phi) is 10.1. The molecule has 1 unspecified atom stereocenters. The van der Waals surface area contributed by atoms with E-state index in [-0.39, 0.29) is 35.3 Å². The minimum absolute atomic E-state index is 0. The average Bonchev–Trinajstić information content (AvgIpc) is 2.59. The lowest BCUT2D eigenvalue weighted by Crippen LogP contribution is -2.47. The highest BCUT2D eigenvalue weighted by atomic mass is 127. The number of halogens is 1. The van der Waals surface area contributed by atoms with Crippen molar-refractivity contribution in [1.82, 2.24) is 10.2 Å². The van der Waals surface area contributed by atoms with Crippen LogP contribution in [0.4, 0.5) is 0 Å². The fourth-order valence-electron chi connectivity index (χ4n) is 3.63. The Labute approximate surface area is 181 Å². The summed E-state index contributed by atoms with van der Waals surface area (Å²) in [5.41, 5.74) is 6.82. The number of hydrogen-bond acceptors (Lipinski definition) is 2. The van der Waals surface area contributed by atoms with Gasteiger partial charge in [0, 0.05) is 32.6 Å². The molecular formula is C21H35IN4O. The Morgan fingerprint density at radius 2 is 2.04 bits per heavy atom. The minimum atomic E-state index is -0.206. The molecule has 1 aliphatic rings. The van der Waals surface area contributed by atoms with Gasteiger partial charge in [0.2, 0.25) is 5.91 Å².